The number of nitrogens with one attached hydrogen (secondary N) is 1. The first-order valence-electron chi connectivity index (χ1n) is 10.6. The first-order chi connectivity index (χ1) is 15.6. The molecule has 1 fully saturated rings. The van der Waals surface area contributed by atoms with Gasteiger partial charge >= 0.3 is 5.97 Å². The number of aromatic nitrogens is 1. The lowest BCUT2D eigenvalue weighted by atomic mass is 10.1. The van der Waals surface area contributed by atoms with Crippen LogP contribution in [0.1, 0.15) is 33.6 Å². The number of para-hydroxylation sites is 1. The fourth-order valence-electron chi connectivity index (χ4n) is 3.81. The smallest absolute Gasteiger partial charge is 0.337 e. The third-order valence-corrected chi connectivity index (χ3v) is 5.61. The lowest BCUT2D eigenvalue weighted by Gasteiger charge is -2.22. The van der Waals surface area contributed by atoms with Crippen LogP contribution in [0.25, 0.3) is 0 Å². The van der Waals surface area contributed by atoms with Gasteiger partial charge in [0.15, 0.2) is 0 Å². The Morgan fingerprint density at radius 3 is 2.38 bits per heavy atom. The molecule has 7 heteroatoms. The summed E-state index contributed by atoms with van der Waals surface area (Å²) in [7, 11) is 3.27. The summed E-state index contributed by atoms with van der Waals surface area (Å²) in [5, 5.41) is 2.96. The Morgan fingerprint density at radius 1 is 1.00 bits per heavy atom. The molecular weight excluding hydrogens is 404 g/mol. The SMILES string of the molecule is COC(=O)c1ccc(N2CCCC2)c(NC(=O)c2ccc(N(C)c3ccccc3)nc2)c1. The predicted molar refractivity (Wildman–Crippen MR) is 126 cm³/mol. The number of carbonyl (C=O) groups excluding carboxylic acids is 2. The Kier molecular flexibility index (Phi) is 6.35. The zero-order valence-electron chi connectivity index (χ0n) is 18.2. The molecule has 0 radical (unpaired) electrons. The molecule has 0 atom stereocenters. The van der Waals surface area contributed by atoms with Crippen LogP contribution >= 0.6 is 0 Å². The number of ether oxygens (including phenoxy) is 1. The molecule has 1 saturated heterocycles. The monoisotopic (exact) mass is 430 g/mol. The molecule has 1 aromatic heterocycles. The van der Waals surface area contributed by atoms with Crippen molar-refractivity contribution >= 4 is 34.8 Å². The molecule has 3 aromatic rings. The molecule has 2 aromatic carbocycles. The van der Waals surface area contributed by atoms with Gasteiger partial charge in [0, 0.05) is 32.0 Å². The molecule has 32 heavy (non-hydrogen) atoms. The van der Waals surface area contributed by atoms with Gasteiger partial charge in [0.1, 0.15) is 5.82 Å². The second kappa shape index (κ2) is 9.51. The fourth-order valence-corrected chi connectivity index (χ4v) is 3.81. The van der Waals surface area contributed by atoms with Gasteiger partial charge in [0.2, 0.25) is 0 Å². The summed E-state index contributed by atoms with van der Waals surface area (Å²) in [6.07, 6.45) is 3.77. The summed E-state index contributed by atoms with van der Waals surface area (Å²) in [6, 6.07) is 18.7. The Morgan fingerprint density at radius 2 is 1.72 bits per heavy atom. The largest absolute Gasteiger partial charge is 0.465 e. The number of methoxy groups -OCH3 is 1. The minimum Gasteiger partial charge on any atom is -0.465 e. The summed E-state index contributed by atoms with van der Waals surface area (Å²) >= 11 is 0. The standard InChI is InChI=1S/C25H26N4O3/c1-28(20-8-4-3-5-9-20)23-13-11-19(17-26-23)24(30)27-21-16-18(25(31)32-2)10-12-22(21)29-14-6-7-15-29/h3-5,8-13,16-17H,6-7,14-15H2,1-2H3,(H,27,30). The Balaban J connectivity index is 1.55. The maximum atomic E-state index is 13.0. The summed E-state index contributed by atoms with van der Waals surface area (Å²) in [5.41, 5.74) is 3.32. The maximum Gasteiger partial charge on any atom is 0.337 e. The third kappa shape index (κ3) is 4.56. The predicted octanol–water partition coefficient (Wildman–Crippen LogP) is 4.49. The maximum absolute atomic E-state index is 13.0. The van der Waals surface area contributed by atoms with Crippen molar-refractivity contribution in [3.63, 3.8) is 0 Å². The van der Waals surface area contributed by atoms with Crippen LogP contribution in [0.5, 0.6) is 0 Å². The van der Waals surface area contributed by atoms with E-state index >= 15 is 0 Å². The van der Waals surface area contributed by atoms with Crippen molar-refractivity contribution in [1.82, 2.24) is 4.98 Å². The molecule has 1 N–H and O–H groups in total. The van der Waals surface area contributed by atoms with E-state index in [4.69, 9.17) is 4.74 Å². The van der Waals surface area contributed by atoms with Gasteiger partial charge in [-0.05, 0) is 55.3 Å². The van der Waals surface area contributed by atoms with E-state index in [9.17, 15) is 9.59 Å². The highest BCUT2D eigenvalue weighted by Crippen LogP contribution is 2.31. The summed E-state index contributed by atoms with van der Waals surface area (Å²) in [4.78, 5) is 33.6. The van der Waals surface area contributed by atoms with Gasteiger partial charge < -0.3 is 19.9 Å². The zero-order chi connectivity index (χ0) is 22.5. The van der Waals surface area contributed by atoms with Crippen molar-refractivity contribution < 1.29 is 14.3 Å². The molecule has 0 saturated carbocycles. The van der Waals surface area contributed by atoms with Gasteiger partial charge in [-0.2, -0.15) is 0 Å². The Labute approximate surface area is 187 Å². The highest BCUT2D eigenvalue weighted by atomic mass is 16.5. The minimum atomic E-state index is -0.441. The molecule has 1 amide bonds. The van der Waals surface area contributed by atoms with Crippen LogP contribution in [0.4, 0.5) is 22.9 Å². The Bertz CT molecular complexity index is 1090. The minimum absolute atomic E-state index is 0.283. The number of esters is 1. The van der Waals surface area contributed by atoms with E-state index in [0.717, 1.165) is 43.1 Å². The number of hydrogen-bond acceptors (Lipinski definition) is 6. The molecule has 0 bridgehead atoms. The van der Waals surface area contributed by atoms with Crippen molar-refractivity contribution in [2.45, 2.75) is 12.8 Å². The van der Waals surface area contributed by atoms with Crippen LogP contribution < -0.4 is 15.1 Å². The molecule has 4 rings (SSSR count). The number of benzene rings is 2. The molecular formula is C25H26N4O3. The average molecular weight is 431 g/mol. The van der Waals surface area contributed by atoms with E-state index < -0.39 is 5.97 Å². The van der Waals surface area contributed by atoms with E-state index in [-0.39, 0.29) is 5.91 Å². The van der Waals surface area contributed by atoms with Gasteiger partial charge in [-0.1, -0.05) is 18.2 Å². The number of carbonyl (C=O) groups is 2. The van der Waals surface area contributed by atoms with Crippen LogP contribution in [0.3, 0.4) is 0 Å². The summed E-state index contributed by atoms with van der Waals surface area (Å²) < 4.78 is 4.84. The molecule has 164 valence electrons. The molecule has 2 heterocycles. The van der Waals surface area contributed by atoms with Gasteiger partial charge in [-0.15, -0.1) is 0 Å². The van der Waals surface area contributed by atoms with Crippen LogP contribution in [0.15, 0.2) is 66.9 Å². The first-order valence-corrected chi connectivity index (χ1v) is 10.6. The van der Waals surface area contributed by atoms with Crippen LogP contribution in [-0.4, -0.2) is 44.1 Å². The third-order valence-electron chi connectivity index (χ3n) is 5.61. The molecule has 0 aliphatic carbocycles. The Hall–Kier alpha value is -3.87. The highest BCUT2D eigenvalue weighted by Gasteiger charge is 2.20. The number of pyridine rings is 1. The number of hydrogen-bond donors (Lipinski definition) is 1. The van der Waals surface area contributed by atoms with Crippen LogP contribution in [0, 0.1) is 0 Å². The van der Waals surface area contributed by atoms with E-state index in [1.54, 1.807) is 24.4 Å². The van der Waals surface area contributed by atoms with E-state index in [2.05, 4.69) is 15.2 Å². The second-order valence-corrected chi connectivity index (χ2v) is 7.67. The highest BCUT2D eigenvalue weighted by molar-refractivity contribution is 6.06. The lowest BCUT2D eigenvalue weighted by Crippen LogP contribution is -2.22. The van der Waals surface area contributed by atoms with Crippen LogP contribution in [0.2, 0.25) is 0 Å². The van der Waals surface area contributed by atoms with E-state index in [1.807, 2.05) is 54.4 Å². The first kappa shape index (κ1) is 21.4. The van der Waals surface area contributed by atoms with E-state index in [0.29, 0.717) is 16.8 Å². The van der Waals surface area contributed by atoms with Crippen molar-refractivity contribution in [2.75, 3.05) is 42.4 Å². The zero-order valence-corrected chi connectivity index (χ0v) is 18.2. The van der Waals surface area contributed by atoms with Crippen molar-refractivity contribution in [3.8, 4) is 0 Å². The molecule has 7 nitrogen and oxygen atoms in total. The number of rotatable bonds is 6. The second-order valence-electron chi connectivity index (χ2n) is 7.67. The van der Waals surface area contributed by atoms with E-state index in [1.165, 1.54) is 7.11 Å². The molecule has 0 unspecified atom stereocenters. The van der Waals surface area contributed by atoms with Gasteiger partial charge in [-0.25, -0.2) is 9.78 Å². The quantitative estimate of drug-likeness (QED) is 0.581. The normalized spacial score (nSPS) is 13.0. The van der Waals surface area contributed by atoms with Crippen molar-refractivity contribution in [1.29, 1.82) is 0 Å². The fraction of sp³-hybridized carbons (Fsp3) is 0.240. The molecule has 1 aliphatic heterocycles. The average Bonchev–Trinajstić information content (AvgIpc) is 3.38. The number of anilines is 4. The summed E-state index contributed by atoms with van der Waals surface area (Å²) in [5.74, 6) is 0.00973. The molecule has 1 aliphatic rings. The lowest BCUT2D eigenvalue weighted by molar-refractivity contribution is 0.0600. The van der Waals surface area contributed by atoms with Crippen molar-refractivity contribution in [3.05, 3.63) is 78.0 Å². The number of nitrogens with zero attached hydrogens (tertiary/aromatic N) is 3. The number of amides is 1. The van der Waals surface area contributed by atoms with Gasteiger partial charge in [0.05, 0.1) is 29.6 Å². The molecule has 0 spiro atoms. The van der Waals surface area contributed by atoms with Crippen molar-refractivity contribution in [2.24, 2.45) is 0 Å². The van der Waals surface area contributed by atoms with Gasteiger partial charge in [0.25, 0.3) is 5.91 Å². The van der Waals surface area contributed by atoms with Gasteiger partial charge in [-0.3, -0.25) is 4.79 Å². The summed E-state index contributed by atoms with van der Waals surface area (Å²) in [6.45, 7) is 1.84. The van der Waals surface area contributed by atoms with Crippen LogP contribution in [-0.2, 0) is 4.74 Å². The topological polar surface area (TPSA) is 74.8 Å².